The van der Waals surface area contributed by atoms with Gasteiger partial charge in [0, 0.05) is 109 Å². The Labute approximate surface area is 582 Å². The van der Waals surface area contributed by atoms with Gasteiger partial charge in [0.05, 0.1) is 22.1 Å². The first kappa shape index (κ1) is 59.3. The topological polar surface area (TPSA) is 76.7 Å². The van der Waals surface area contributed by atoms with Crippen LogP contribution in [-0.2, 0) is 40.2 Å². The summed E-state index contributed by atoms with van der Waals surface area (Å²) >= 11 is 0. The molecular formula is C82H56B2Ir2N10-4. The summed E-state index contributed by atoms with van der Waals surface area (Å²) in [4.78, 5) is 14.6. The predicted molar refractivity (Wildman–Crippen MR) is 388 cm³/mol. The maximum absolute atomic E-state index is 4.82. The Balaban J connectivity index is 0.0000000994. The van der Waals surface area contributed by atoms with E-state index >= 15 is 0 Å². The first-order chi connectivity index (χ1) is 46.4. The Morgan fingerprint density at radius 3 is 1.16 bits per heavy atom. The van der Waals surface area contributed by atoms with Crippen molar-refractivity contribution in [3.8, 4) is 22.5 Å². The number of aromatic nitrogens is 8. The molecule has 0 amide bonds. The largest absolute Gasteiger partial charge is 0.404 e. The first-order valence-corrected chi connectivity index (χ1v) is 32.3. The number of para-hydroxylation sites is 6. The second-order valence-electron chi connectivity index (χ2n) is 25.4. The van der Waals surface area contributed by atoms with E-state index in [1.54, 1.807) is 0 Å². The van der Waals surface area contributed by atoms with Gasteiger partial charge >= 0.3 is 14.0 Å². The molecule has 0 saturated carbocycles. The molecule has 22 rings (SSSR count). The summed E-state index contributed by atoms with van der Waals surface area (Å²) in [5.41, 5.74) is 23.8. The molecule has 0 bridgehead atoms. The van der Waals surface area contributed by atoms with Crippen molar-refractivity contribution >= 4 is 146 Å². The maximum Gasteiger partial charge on any atom is 0.404 e. The fourth-order valence-corrected chi connectivity index (χ4v) is 15.5. The van der Waals surface area contributed by atoms with Crippen molar-refractivity contribution in [1.82, 2.24) is 38.2 Å². The monoisotopic (exact) mass is 1590 g/mol. The van der Waals surface area contributed by atoms with Gasteiger partial charge in [-0.25, -0.2) is 0 Å². The van der Waals surface area contributed by atoms with Crippen molar-refractivity contribution in [3.63, 3.8) is 0 Å². The van der Waals surface area contributed by atoms with Gasteiger partial charge in [-0.1, -0.05) is 183 Å². The van der Waals surface area contributed by atoms with Crippen molar-refractivity contribution < 1.29 is 40.2 Å². The Morgan fingerprint density at radius 2 is 0.729 bits per heavy atom. The Morgan fingerprint density at radius 1 is 0.344 bits per heavy atom. The summed E-state index contributed by atoms with van der Waals surface area (Å²) in [5, 5.41) is 21.4. The molecule has 2 radical (unpaired) electrons. The Hall–Kier alpha value is -10.5. The zero-order valence-corrected chi connectivity index (χ0v) is 57.5. The van der Waals surface area contributed by atoms with Gasteiger partial charge in [0.15, 0.2) is 0 Å². The third kappa shape index (κ3) is 8.72. The zero-order chi connectivity index (χ0) is 62.4. The van der Waals surface area contributed by atoms with Crippen molar-refractivity contribution in [2.75, 3.05) is 9.62 Å². The number of pyridine rings is 4. The van der Waals surface area contributed by atoms with Crippen LogP contribution in [0.15, 0.2) is 255 Å². The van der Waals surface area contributed by atoms with Gasteiger partial charge in [0.1, 0.15) is 0 Å². The van der Waals surface area contributed by atoms with E-state index < -0.39 is 0 Å². The van der Waals surface area contributed by atoms with Crippen LogP contribution in [0.1, 0.15) is 50.7 Å². The third-order valence-electron chi connectivity index (χ3n) is 19.7. The number of rotatable bonds is 2. The van der Waals surface area contributed by atoms with E-state index in [2.05, 4.69) is 275 Å². The minimum Gasteiger partial charge on any atom is -0.402 e. The molecule has 14 heteroatoms. The van der Waals surface area contributed by atoms with Gasteiger partial charge in [0.25, 0.3) is 0 Å². The van der Waals surface area contributed by atoms with Crippen LogP contribution >= 0.6 is 0 Å². The van der Waals surface area contributed by atoms with E-state index in [-0.39, 0.29) is 54.2 Å². The second-order valence-corrected chi connectivity index (χ2v) is 25.4. The van der Waals surface area contributed by atoms with Crippen LogP contribution in [0.4, 0.5) is 22.7 Å². The maximum atomic E-state index is 4.82. The molecule has 0 spiro atoms. The summed E-state index contributed by atoms with van der Waals surface area (Å²) < 4.78 is 8.92. The Kier molecular flexibility index (Phi) is 14.3. The van der Waals surface area contributed by atoms with Crippen LogP contribution < -0.4 is 20.5 Å². The molecule has 4 aliphatic heterocycles. The third-order valence-corrected chi connectivity index (χ3v) is 19.7. The SMILES string of the molecule is CC(C)c1c[c-]c2c(c1)N1B(c3cccnc3-2)n2c3ccccc3c3cccc1c32.CC(C)c1c[c-]c2c(c1)N1B(c3cccnc3-2)n2c3ccccc3c3cccc1c32.[Ir].[Ir].[c-]1cccc2c3ccccc3c3ccnn3c12.[c-]1cccc2c3ccccc3c3ccnn3c12. The number of hydrogen-bond donors (Lipinski definition) is 0. The minimum atomic E-state index is 0. The van der Waals surface area contributed by atoms with E-state index in [0.29, 0.717) is 11.8 Å². The molecule has 0 N–H and O–H groups in total. The summed E-state index contributed by atoms with van der Waals surface area (Å²) in [6, 6.07) is 95.1. The quantitative estimate of drug-likeness (QED) is 0.0975. The predicted octanol–water partition coefficient (Wildman–Crippen LogP) is 17.9. The molecule has 0 fully saturated rings. The van der Waals surface area contributed by atoms with Gasteiger partial charge in [0.2, 0.25) is 0 Å². The van der Waals surface area contributed by atoms with E-state index in [4.69, 9.17) is 9.97 Å². The minimum absolute atomic E-state index is 0. The van der Waals surface area contributed by atoms with Crippen molar-refractivity contribution in [2.24, 2.45) is 0 Å². The van der Waals surface area contributed by atoms with Crippen molar-refractivity contribution in [3.05, 3.63) is 291 Å². The standard InChI is InChI=1S/2C26H19BN3.2C15H9N2.2Ir/c2*1-16(2)17-12-13-20-24(15-17)29-23-11-5-8-19-18-7-3-4-10-22(18)30(26(19)23)27(29)21-9-6-14-28-25(20)21;2*1-2-6-13-11(5-1)12-7-3-4-8-14(12)17-15(13)9-10-16-17;;/h2*3-12,14-16H,1-2H3;2*1-7,9-10H;;/q4*-1;;. The van der Waals surface area contributed by atoms with Crippen molar-refractivity contribution in [2.45, 2.75) is 39.5 Å². The van der Waals surface area contributed by atoms with E-state index in [1.807, 2.05) is 70.2 Å². The number of nitrogens with zero attached hydrogens (tertiary/aromatic N) is 10. The Bertz CT molecular complexity index is 5650. The van der Waals surface area contributed by atoms with Gasteiger partial charge in [-0.15, -0.1) is 69.4 Å². The first-order valence-electron chi connectivity index (χ1n) is 32.3. The summed E-state index contributed by atoms with van der Waals surface area (Å²) in [5.74, 6) is 0.904. The molecule has 8 aromatic heterocycles. The van der Waals surface area contributed by atoms with Crippen LogP contribution in [0.3, 0.4) is 0 Å². The molecule has 10 nitrogen and oxygen atoms in total. The molecule has 0 aliphatic carbocycles. The van der Waals surface area contributed by atoms with E-state index in [9.17, 15) is 0 Å². The molecule has 0 atom stereocenters. The van der Waals surface area contributed by atoms with Crippen LogP contribution in [0.5, 0.6) is 0 Å². The number of benzene rings is 10. The molecule has 0 saturated heterocycles. The van der Waals surface area contributed by atoms with E-state index in [0.717, 1.165) is 44.6 Å². The van der Waals surface area contributed by atoms with Gasteiger partial charge in [-0.05, 0) is 92.7 Å². The average Bonchev–Trinajstić information content (AvgIpc) is 1.52. The van der Waals surface area contributed by atoms with Crippen molar-refractivity contribution in [1.29, 1.82) is 0 Å². The fraction of sp³-hybridized carbons (Fsp3) is 0.0732. The van der Waals surface area contributed by atoms with Gasteiger partial charge in [-0.3, -0.25) is 9.03 Å². The molecule has 12 heterocycles. The van der Waals surface area contributed by atoms with Crippen LogP contribution in [-0.4, -0.2) is 52.1 Å². The van der Waals surface area contributed by atoms with Crippen LogP contribution in [0, 0.1) is 24.3 Å². The number of hydrogen-bond acceptors (Lipinski definition) is 6. The molecule has 0 unspecified atom stereocenters. The summed E-state index contributed by atoms with van der Waals surface area (Å²) in [7, 11) is 0. The molecule has 4 aliphatic rings. The molecular weight excluding hydrogens is 1530 g/mol. The smallest absolute Gasteiger partial charge is 0.402 e. The van der Waals surface area contributed by atoms with E-state index in [1.165, 1.54) is 121 Å². The summed E-state index contributed by atoms with van der Waals surface area (Å²) in [6.45, 7) is 9.09. The van der Waals surface area contributed by atoms with Gasteiger partial charge in [-0.2, -0.15) is 58.7 Å². The average molecular weight is 1590 g/mol. The normalized spacial score (nSPS) is 12.7. The van der Waals surface area contributed by atoms with Gasteiger partial charge < -0.3 is 28.5 Å². The molecule has 96 heavy (non-hydrogen) atoms. The zero-order valence-electron chi connectivity index (χ0n) is 52.7. The fourth-order valence-electron chi connectivity index (χ4n) is 15.5. The van der Waals surface area contributed by atoms with Crippen LogP contribution in [0.2, 0.25) is 0 Å². The molecule has 10 aromatic carbocycles. The second kappa shape index (κ2) is 23.2. The number of anilines is 4. The summed E-state index contributed by atoms with van der Waals surface area (Å²) in [6.07, 6.45) is 7.46. The molecule has 462 valence electrons. The number of fused-ring (bicyclic) bond motifs is 34. The van der Waals surface area contributed by atoms with Crippen LogP contribution in [0.25, 0.3) is 121 Å². The molecule has 18 aromatic rings.